The molecule has 2 aliphatic rings. The fourth-order valence-electron chi connectivity index (χ4n) is 3.12. The van der Waals surface area contributed by atoms with Gasteiger partial charge in [-0.3, -0.25) is 4.79 Å². The molecule has 1 amide bonds. The fourth-order valence-corrected chi connectivity index (χ4v) is 4.90. The number of nitrogens with zero attached hydrogens (tertiary/aromatic N) is 1. The van der Waals surface area contributed by atoms with Gasteiger partial charge in [0.05, 0.1) is 12.8 Å². The third-order valence-corrected chi connectivity index (χ3v) is 6.66. The highest BCUT2D eigenvalue weighted by molar-refractivity contribution is 7.89. The molecule has 3 rings (SSSR count). The number of piperidine rings is 1. The average molecular weight is 406 g/mol. The zero-order chi connectivity index (χ0) is 18.4. The monoisotopic (exact) mass is 405 g/mol. The van der Waals surface area contributed by atoms with E-state index in [1.165, 1.54) is 23.5 Å². The van der Waals surface area contributed by atoms with E-state index in [0.29, 0.717) is 30.9 Å². The molecule has 146 valence electrons. The average Bonchev–Trinajstić information content (AvgIpc) is 2.55. The third kappa shape index (κ3) is 3.62. The number of sulfonamides is 1. The van der Waals surface area contributed by atoms with Crippen LogP contribution >= 0.6 is 12.4 Å². The number of rotatable bonds is 3. The Bertz CT molecular complexity index is 812. The van der Waals surface area contributed by atoms with E-state index in [0.717, 1.165) is 0 Å². The maximum Gasteiger partial charge on any atom is 0.262 e. The minimum Gasteiger partial charge on any atom is -0.495 e. The molecule has 0 saturated carbocycles. The molecule has 2 aliphatic heterocycles. The number of methoxy groups -OCH3 is 1. The van der Waals surface area contributed by atoms with Gasteiger partial charge in [0.15, 0.2) is 6.61 Å². The molecule has 1 atom stereocenters. The highest BCUT2D eigenvalue weighted by Gasteiger charge is 2.40. The number of carbonyl (C=O) groups is 1. The Morgan fingerprint density at radius 2 is 2.08 bits per heavy atom. The minimum atomic E-state index is -3.79. The lowest BCUT2D eigenvalue weighted by atomic mass is 9.81. The Morgan fingerprint density at radius 3 is 2.69 bits per heavy atom. The number of nitrogens with one attached hydrogen (secondary N) is 1. The van der Waals surface area contributed by atoms with Crippen LogP contribution in [0.4, 0.5) is 5.69 Å². The highest BCUT2D eigenvalue weighted by Crippen LogP contribution is 2.40. The number of carbonyl (C=O) groups excluding carboxylic acids is 1. The minimum absolute atomic E-state index is 0. The van der Waals surface area contributed by atoms with Crippen molar-refractivity contribution in [2.45, 2.75) is 31.2 Å². The van der Waals surface area contributed by atoms with Crippen molar-refractivity contribution in [3.63, 3.8) is 0 Å². The van der Waals surface area contributed by atoms with Gasteiger partial charge >= 0.3 is 0 Å². The van der Waals surface area contributed by atoms with Crippen molar-refractivity contribution in [1.82, 2.24) is 4.31 Å². The zero-order valence-corrected chi connectivity index (χ0v) is 16.6. The molecular weight excluding hydrogens is 382 g/mol. The highest BCUT2D eigenvalue weighted by atomic mass is 35.5. The fraction of sp³-hybridized carbons (Fsp3) is 0.562. The van der Waals surface area contributed by atoms with Crippen LogP contribution in [0.3, 0.4) is 0 Å². The molecule has 1 saturated heterocycles. The third-order valence-electron chi connectivity index (χ3n) is 4.79. The van der Waals surface area contributed by atoms with E-state index < -0.39 is 10.0 Å². The van der Waals surface area contributed by atoms with Gasteiger partial charge in [0, 0.05) is 31.3 Å². The number of ether oxygens (including phenoxy) is 2. The maximum atomic E-state index is 13.2. The second kappa shape index (κ2) is 7.22. The molecular formula is C16H24ClN3O5S. The maximum absolute atomic E-state index is 13.2. The molecule has 1 unspecified atom stereocenters. The van der Waals surface area contributed by atoms with Crippen LogP contribution in [0, 0.1) is 5.41 Å². The van der Waals surface area contributed by atoms with E-state index in [2.05, 4.69) is 5.32 Å². The van der Waals surface area contributed by atoms with E-state index in [1.54, 1.807) is 0 Å². The summed E-state index contributed by atoms with van der Waals surface area (Å²) in [5.41, 5.74) is 6.18. The first kappa shape index (κ1) is 20.8. The van der Waals surface area contributed by atoms with Gasteiger partial charge in [-0.05, 0) is 11.8 Å². The van der Waals surface area contributed by atoms with Crippen molar-refractivity contribution in [3.8, 4) is 11.5 Å². The normalized spacial score (nSPS) is 22.5. The molecule has 0 radical (unpaired) electrons. The lowest BCUT2D eigenvalue weighted by molar-refractivity contribution is -0.118. The van der Waals surface area contributed by atoms with Gasteiger partial charge < -0.3 is 20.5 Å². The molecule has 0 spiro atoms. The van der Waals surface area contributed by atoms with Gasteiger partial charge in [0.25, 0.3) is 5.91 Å². The van der Waals surface area contributed by atoms with Crippen LogP contribution < -0.4 is 20.5 Å². The first-order valence-corrected chi connectivity index (χ1v) is 9.49. The molecule has 8 nitrogen and oxygen atoms in total. The van der Waals surface area contributed by atoms with Gasteiger partial charge in [0.1, 0.15) is 16.4 Å². The van der Waals surface area contributed by atoms with Gasteiger partial charge in [0.2, 0.25) is 10.0 Å². The molecule has 3 N–H and O–H groups in total. The van der Waals surface area contributed by atoms with Crippen molar-refractivity contribution >= 4 is 34.0 Å². The molecule has 10 heteroatoms. The number of hydrogen-bond acceptors (Lipinski definition) is 6. The molecule has 0 aliphatic carbocycles. The number of nitrogens with two attached hydrogens (primary N) is 1. The van der Waals surface area contributed by atoms with Crippen LogP contribution in [0.1, 0.15) is 20.3 Å². The van der Waals surface area contributed by atoms with E-state index in [9.17, 15) is 13.2 Å². The van der Waals surface area contributed by atoms with Crippen molar-refractivity contribution in [2.75, 3.05) is 32.1 Å². The first-order valence-electron chi connectivity index (χ1n) is 8.05. The van der Waals surface area contributed by atoms with Gasteiger partial charge in [-0.1, -0.05) is 13.8 Å². The summed E-state index contributed by atoms with van der Waals surface area (Å²) in [6, 6.07) is 2.83. The SMILES string of the molecule is COc1cc2c(cc1S(=O)(=O)N1CCC(N)C(C)(C)C1)OCC(=O)N2.Cl. The Morgan fingerprint density at radius 1 is 1.38 bits per heavy atom. The van der Waals surface area contributed by atoms with Crippen LogP contribution in [-0.4, -0.2) is 51.5 Å². The number of hydrogen-bond donors (Lipinski definition) is 2. The predicted octanol–water partition coefficient (Wildman–Crippen LogP) is 1.20. The van der Waals surface area contributed by atoms with E-state index >= 15 is 0 Å². The van der Waals surface area contributed by atoms with Crippen molar-refractivity contribution in [3.05, 3.63) is 12.1 Å². The lowest BCUT2D eigenvalue weighted by Crippen LogP contribution is -2.53. The summed E-state index contributed by atoms with van der Waals surface area (Å²) in [6.45, 7) is 4.45. The van der Waals surface area contributed by atoms with E-state index in [1.807, 2.05) is 13.8 Å². The van der Waals surface area contributed by atoms with Crippen molar-refractivity contribution in [1.29, 1.82) is 0 Å². The summed E-state index contributed by atoms with van der Waals surface area (Å²) in [5, 5.41) is 2.64. The first-order chi connectivity index (χ1) is 11.6. The van der Waals surface area contributed by atoms with Crippen molar-refractivity contribution in [2.24, 2.45) is 11.1 Å². The second-order valence-corrected chi connectivity index (χ2v) is 8.96. The van der Waals surface area contributed by atoms with E-state index in [4.69, 9.17) is 15.2 Å². The topological polar surface area (TPSA) is 111 Å². The Balaban J connectivity index is 0.00000243. The van der Waals surface area contributed by atoms with Crippen LogP contribution in [0.15, 0.2) is 17.0 Å². The number of halogens is 1. The number of benzene rings is 1. The molecule has 2 heterocycles. The summed E-state index contributed by atoms with van der Waals surface area (Å²) < 4.78 is 38.4. The quantitative estimate of drug-likeness (QED) is 0.781. The number of anilines is 1. The van der Waals surface area contributed by atoms with Crippen molar-refractivity contribution < 1.29 is 22.7 Å². The van der Waals surface area contributed by atoms with Gasteiger partial charge in [-0.25, -0.2) is 8.42 Å². The van der Waals surface area contributed by atoms with Gasteiger partial charge in [-0.15, -0.1) is 12.4 Å². The Hall–Kier alpha value is -1.55. The van der Waals surface area contributed by atoms with Crippen LogP contribution in [-0.2, 0) is 14.8 Å². The standard InChI is InChI=1S/C16H23N3O5S.ClH/c1-16(2)9-19(5-4-14(16)17)25(21,22)13-7-11-10(6-12(13)23-3)18-15(20)8-24-11;/h6-7,14H,4-5,8-9,17H2,1-3H3,(H,18,20);1H. The molecule has 1 aromatic rings. The number of fused-ring (bicyclic) bond motifs is 1. The van der Waals surface area contributed by atoms with Crippen LogP contribution in [0.2, 0.25) is 0 Å². The lowest BCUT2D eigenvalue weighted by Gasteiger charge is -2.41. The smallest absolute Gasteiger partial charge is 0.262 e. The summed E-state index contributed by atoms with van der Waals surface area (Å²) in [5.74, 6) is 0.182. The number of amides is 1. The van der Waals surface area contributed by atoms with Crippen LogP contribution in [0.5, 0.6) is 11.5 Å². The predicted molar refractivity (Wildman–Crippen MR) is 99.5 cm³/mol. The molecule has 26 heavy (non-hydrogen) atoms. The molecule has 0 aromatic heterocycles. The summed E-state index contributed by atoms with van der Waals surface area (Å²) >= 11 is 0. The molecule has 1 fully saturated rings. The molecule has 0 bridgehead atoms. The zero-order valence-electron chi connectivity index (χ0n) is 14.9. The molecule has 1 aromatic carbocycles. The Kier molecular flexibility index (Phi) is 5.77. The Labute approximate surface area is 159 Å². The summed E-state index contributed by atoms with van der Waals surface area (Å²) in [7, 11) is -2.40. The van der Waals surface area contributed by atoms with Gasteiger partial charge in [-0.2, -0.15) is 4.31 Å². The summed E-state index contributed by atoms with van der Waals surface area (Å²) in [4.78, 5) is 11.5. The summed E-state index contributed by atoms with van der Waals surface area (Å²) in [6.07, 6.45) is 0.589. The van der Waals surface area contributed by atoms with Crippen LogP contribution in [0.25, 0.3) is 0 Å². The second-order valence-electron chi connectivity index (χ2n) is 7.06. The largest absolute Gasteiger partial charge is 0.495 e. The van der Waals surface area contributed by atoms with E-state index in [-0.39, 0.29) is 47.0 Å².